The van der Waals surface area contributed by atoms with Crippen molar-refractivity contribution in [3.05, 3.63) is 86.8 Å². The summed E-state index contributed by atoms with van der Waals surface area (Å²) in [6.45, 7) is 4.29. The van der Waals surface area contributed by atoms with E-state index in [0.717, 1.165) is 35.3 Å². The predicted octanol–water partition coefficient (Wildman–Crippen LogP) is 3.86. The molecule has 0 saturated carbocycles. The Balaban J connectivity index is 1.52. The fraction of sp³-hybridized carbons (Fsp3) is 0.357. The van der Waals surface area contributed by atoms with Crippen molar-refractivity contribution in [2.24, 2.45) is 16.6 Å². The van der Waals surface area contributed by atoms with E-state index < -0.39 is 18.4 Å². The molecule has 1 aromatic heterocycles. The van der Waals surface area contributed by atoms with Crippen LogP contribution in [0.4, 0.5) is 5.69 Å². The third-order valence-electron chi connectivity index (χ3n) is 6.81. The fourth-order valence-corrected chi connectivity index (χ4v) is 5.20. The van der Waals surface area contributed by atoms with Gasteiger partial charge in [-0.1, -0.05) is 25.1 Å². The molecule has 4 atom stereocenters. The summed E-state index contributed by atoms with van der Waals surface area (Å²) in [4.78, 5) is 17.6. The minimum atomic E-state index is -1.30. The number of aryl methyl sites for hydroxylation is 1. The maximum absolute atomic E-state index is 13.2. The van der Waals surface area contributed by atoms with Crippen LogP contribution in [0.15, 0.2) is 75.2 Å². The summed E-state index contributed by atoms with van der Waals surface area (Å²) in [6, 6.07) is 7.12. The first-order chi connectivity index (χ1) is 17.8. The van der Waals surface area contributed by atoms with Gasteiger partial charge in [-0.05, 0) is 71.0 Å². The molecule has 196 valence electrons. The van der Waals surface area contributed by atoms with Crippen molar-refractivity contribution in [2.75, 3.05) is 19.0 Å². The Morgan fingerprint density at radius 2 is 2.11 bits per heavy atom. The highest BCUT2D eigenvalue weighted by molar-refractivity contribution is 7.08. The number of dihydropyridines is 1. The quantitative estimate of drug-likeness (QED) is 0.318. The lowest BCUT2D eigenvalue weighted by Gasteiger charge is -2.22. The van der Waals surface area contributed by atoms with Gasteiger partial charge in [0.2, 0.25) is 0 Å². The number of methoxy groups -OCH3 is 1. The molecule has 4 unspecified atom stereocenters. The molecular formula is C28H34N4O4S. The van der Waals surface area contributed by atoms with Gasteiger partial charge in [-0.3, -0.25) is 10.1 Å². The number of benzene rings is 1. The fourth-order valence-electron chi connectivity index (χ4n) is 4.49. The number of hydrogen-bond acceptors (Lipinski definition) is 8. The number of ether oxygens (including phenoxy) is 1. The largest absolute Gasteiger partial charge is 0.501 e. The number of fused-ring (bicyclic) bond motifs is 1. The summed E-state index contributed by atoms with van der Waals surface area (Å²) in [5.41, 5.74) is 10.4. The number of nitrogens with zero attached hydrogens (tertiary/aromatic N) is 1. The van der Waals surface area contributed by atoms with Crippen LogP contribution in [-0.2, 0) is 9.53 Å². The molecule has 0 spiro atoms. The van der Waals surface area contributed by atoms with Gasteiger partial charge in [-0.15, -0.1) is 0 Å². The molecule has 6 N–H and O–H groups in total. The molecule has 2 aliphatic rings. The van der Waals surface area contributed by atoms with E-state index >= 15 is 0 Å². The van der Waals surface area contributed by atoms with Crippen molar-refractivity contribution in [1.29, 1.82) is 0 Å². The molecule has 0 saturated heterocycles. The lowest BCUT2D eigenvalue weighted by molar-refractivity contribution is -0.113. The Morgan fingerprint density at radius 1 is 1.30 bits per heavy atom. The number of nitrogens with one attached hydrogen (secondary N) is 2. The van der Waals surface area contributed by atoms with Gasteiger partial charge < -0.3 is 26.0 Å². The van der Waals surface area contributed by atoms with E-state index in [1.165, 1.54) is 0 Å². The van der Waals surface area contributed by atoms with Crippen molar-refractivity contribution < 1.29 is 19.7 Å². The second-order valence-electron chi connectivity index (χ2n) is 9.18. The lowest BCUT2D eigenvalue weighted by atomic mass is 9.99. The van der Waals surface area contributed by atoms with Crippen molar-refractivity contribution in [2.45, 2.75) is 45.2 Å². The molecule has 0 radical (unpaired) electrons. The Hall–Kier alpha value is -3.08. The Labute approximate surface area is 221 Å². The molecule has 2 heterocycles. The van der Waals surface area contributed by atoms with E-state index in [9.17, 15) is 15.0 Å². The molecule has 2 aromatic rings. The Morgan fingerprint density at radius 3 is 2.78 bits per heavy atom. The highest BCUT2D eigenvalue weighted by Gasteiger charge is 2.27. The van der Waals surface area contributed by atoms with Crippen LogP contribution >= 0.6 is 11.3 Å². The summed E-state index contributed by atoms with van der Waals surface area (Å²) < 4.78 is 5.54. The Bertz CT molecular complexity index is 1250. The maximum Gasteiger partial charge on any atom is 0.256 e. The van der Waals surface area contributed by atoms with Gasteiger partial charge in [0.15, 0.2) is 6.23 Å². The number of carbonyl (C=O) groups excluding carboxylic acids is 1. The zero-order valence-corrected chi connectivity index (χ0v) is 22.1. The summed E-state index contributed by atoms with van der Waals surface area (Å²) in [5.74, 6) is 0.582. The highest BCUT2D eigenvalue weighted by Crippen LogP contribution is 2.30. The lowest BCUT2D eigenvalue weighted by Crippen LogP contribution is -2.31. The van der Waals surface area contributed by atoms with Crippen molar-refractivity contribution >= 4 is 28.6 Å². The van der Waals surface area contributed by atoms with E-state index in [1.54, 1.807) is 36.7 Å². The SMILES string of the molecule is CCC1CC=C2C=C(C(=O)Nc3cc(C(O)NC(CN)c4ccsc4)ccc3C)C(O)N=C2C=C1OC. The van der Waals surface area contributed by atoms with Crippen LogP contribution in [0.25, 0.3) is 0 Å². The zero-order chi connectivity index (χ0) is 26.5. The maximum atomic E-state index is 13.2. The summed E-state index contributed by atoms with van der Waals surface area (Å²) in [7, 11) is 1.63. The zero-order valence-electron chi connectivity index (χ0n) is 21.3. The average Bonchev–Trinajstić information content (AvgIpc) is 3.37. The number of allylic oxidation sites excluding steroid dienone is 5. The third-order valence-corrected chi connectivity index (χ3v) is 7.51. The molecule has 9 heteroatoms. The summed E-state index contributed by atoms with van der Waals surface area (Å²) >= 11 is 1.57. The smallest absolute Gasteiger partial charge is 0.256 e. The second-order valence-corrected chi connectivity index (χ2v) is 9.96. The standard InChI is InChI=1S/C28H34N4O4S/c1-4-17-7-8-18-11-21(28(35)31-23(18)13-25(17)36-3)27(34)30-22-12-19(6-5-16(22)2)26(33)32-24(14-29)20-9-10-37-15-20/h5-6,8-13,15,17,24,26,28,32-33,35H,4,7,14,29H2,1-3H3,(H,30,34). The second kappa shape index (κ2) is 12.0. The third kappa shape index (κ3) is 6.08. The van der Waals surface area contributed by atoms with Gasteiger partial charge in [0.25, 0.3) is 5.91 Å². The van der Waals surface area contributed by atoms with E-state index in [0.29, 0.717) is 23.5 Å². The number of hydrogen-bond donors (Lipinski definition) is 5. The molecule has 0 bridgehead atoms. The minimum absolute atomic E-state index is 0.154. The average molecular weight is 523 g/mol. The number of thiophene rings is 1. The molecule has 1 amide bonds. The van der Waals surface area contributed by atoms with Crippen LogP contribution < -0.4 is 16.4 Å². The summed E-state index contributed by atoms with van der Waals surface area (Å²) in [6.07, 6.45) is 4.94. The normalized spacial score (nSPS) is 20.9. The highest BCUT2D eigenvalue weighted by atomic mass is 32.1. The first-order valence-electron chi connectivity index (χ1n) is 12.4. The first kappa shape index (κ1) is 27.0. The molecule has 8 nitrogen and oxygen atoms in total. The number of aliphatic hydroxyl groups is 2. The number of aliphatic imine (C=N–C) groups is 1. The molecule has 1 aliphatic heterocycles. The Kier molecular flexibility index (Phi) is 8.73. The van der Waals surface area contributed by atoms with Crippen LogP contribution in [0, 0.1) is 12.8 Å². The van der Waals surface area contributed by atoms with Gasteiger partial charge in [-0.25, -0.2) is 4.99 Å². The van der Waals surface area contributed by atoms with Crippen molar-refractivity contribution in [3.8, 4) is 0 Å². The van der Waals surface area contributed by atoms with Crippen LogP contribution in [-0.4, -0.2) is 41.7 Å². The van der Waals surface area contributed by atoms with Crippen LogP contribution in [0.5, 0.6) is 0 Å². The van der Waals surface area contributed by atoms with Crippen LogP contribution in [0.1, 0.15) is 48.7 Å². The van der Waals surface area contributed by atoms with Gasteiger partial charge in [0.05, 0.1) is 18.4 Å². The van der Waals surface area contributed by atoms with E-state index in [1.807, 2.05) is 42.0 Å². The number of anilines is 1. The van der Waals surface area contributed by atoms with Crippen LogP contribution in [0.3, 0.4) is 0 Å². The monoisotopic (exact) mass is 522 g/mol. The van der Waals surface area contributed by atoms with Gasteiger partial charge >= 0.3 is 0 Å². The van der Waals surface area contributed by atoms with E-state index in [-0.39, 0.29) is 17.5 Å². The molecule has 1 aromatic carbocycles. The van der Waals surface area contributed by atoms with Crippen molar-refractivity contribution in [1.82, 2.24) is 5.32 Å². The van der Waals surface area contributed by atoms with Gasteiger partial charge in [-0.2, -0.15) is 11.3 Å². The minimum Gasteiger partial charge on any atom is -0.501 e. The molecule has 0 fully saturated rings. The number of rotatable bonds is 9. The van der Waals surface area contributed by atoms with E-state index in [4.69, 9.17) is 10.5 Å². The van der Waals surface area contributed by atoms with E-state index in [2.05, 4.69) is 22.5 Å². The topological polar surface area (TPSA) is 129 Å². The molecule has 37 heavy (non-hydrogen) atoms. The molecule has 1 aliphatic carbocycles. The van der Waals surface area contributed by atoms with Crippen molar-refractivity contribution in [3.63, 3.8) is 0 Å². The summed E-state index contributed by atoms with van der Waals surface area (Å²) in [5, 5.41) is 31.5. The number of aliphatic hydroxyl groups excluding tert-OH is 2. The van der Waals surface area contributed by atoms with Crippen LogP contribution in [0.2, 0.25) is 0 Å². The van der Waals surface area contributed by atoms with Gasteiger partial charge in [0, 0.05) is 30.3 Å². The number of amides is 1. The predicted molar refractivity (Wildman–Crippen MR) is 147 cm³/mol. The number of carbonyl (C=O) groups is 1. The number of nitrogens with two attached hydrogens (primary N) is 1. The first-order valence-corrected chi connectivity index (χ1v) is 13.3. The molecule has 4 rings (SSSR count). The molecular weight excluding hydrogens is 488 g/mol. The van der Waals surface area contributed by atoms with Gasteiger partial charge in [0.1, 0.15) is 12.0 Å².